The van der Waals surface area contributed by atoms with Gasteiger partial charge in [-0.25, -0.2) is 0 Å². The SMILES string of the molecule is Cc1nnc(C2CN(C(=O)c3ccccc3)CC23CCN(Cc2ccccc2)CC3)o1. The van der Waals surface area contributed by atoms with E-state index in [1.54, 1.807) is 0 Å². The molecule has 0 aliphatic carbocycles. The van der Waals surface area contributed by atoms with Gasteiger partial charge in [0.2, 0.25) is 11.8 Å². The minimum Gasteiger partial charge on any atom is -0.425 e. The Bertz CT molecular complexity index is 1030. The van der Waals surface area contributed by atoms with E-state index in [0.717, 1.165) is 44.6 Å². The van der Waals surface area contributed by atoms with E-state index < -0.39 is 0 Å². The highest BCUT2D eigenvalue weighted by molar-refractivity contribution is 5.94. The molecule has 3 heterocycles. The van der Waals surface area contributed by atoms with Crippen LogP contribution in [0.5, 0.6) is 0 Å². The first-order valence-electron chi connectivity index (χ1n) is 11.0. The van der Waals surface area contributed by atoms with Crippen LogP contribution < -0.4 is 0 Å². The van der Waals surface area contributed by atoms with E-state index in [-0.39, 0.29) is 17.2 Å². The molecule has 3 aromatic rings. The lowest BCUT2D eigenvalue weighted by atomic mass is 9.70. The first-order chi connectivity index (χ1) is 15.1. The van der Waals surface area contributed by atoms with Crippen molar-refractivity contribution in [1.29, 1.82) is 0 Å². The summed E-state index contributed by atoms with van der Waals surface area (Å²) in [6, 6.07) is 20.2. The van der Waals surface area contributed by atoms with Crippen molar-refractivity contribution in [3.05, 3.63) is 83.6 Å². The van der Waals surface area contributed by atoms with Gasteiger partial charge < -0.3 is 9.32 Å². The van der Waals surface area contributed by atoms with Gasteiger partial charge in [0.1, 0.15) is 0 Å². The Morgan fingerprint density at radius 2 is 1.71 bits per heavy atom. The third-order valence-electron chi connectivity index (χ3n) is 6.90. The zero-order valence-electron chi connectivity index (χ0n) is 17.9. The summed E-state index contributed by atoms with van der Waals surface area (Å²) in [5.41, 5.74) is 2.06. The Morgan fingerprint density at radius 3 is 2.35 bits per heavy atom. The normalized spacial score (nSPS) is 20.9. The summed E-state index contributed by atoms with van der Waals surface area (Å²) < 4.78 is 5.88. The van der Waals surface area contributed by atoms with Gasteiger partial charge in [0, 0.05) is 37.5 Å². The number of hydrogen-bond acceptors (Lipinski definition) is 5. The molecule has 2 fully saturated rings. The standard InChI is InChI=1S/C25H28N4O2/c1-19-26-27-23(31-19)22-17-29(24(30)21-10-6-3-7-11-21)18-25(22)12-14-28(15-13-25)16-20-8-4-2-5-9-20/h2-11,22H,12-18H2,1H3. The lowest BCUT2D eigenvalue weighted by molar-refractivity contribution is 0.0688. The average Bonchev–Trinajstić information content (AvgIpc) is 3.40. The molecule has 0 radical (unpaired) electrons. The van der Waals surface area contributed by atoms with Crippen LogP contribution in [0.4, 0.5) is 0 Å². The molecule has 31 heavy (non-hydrogen) atoms. The fraction of sp³-hybridized carbons (Fsp3) is 0.400. The highest BCUT2D eigenvalue weighted by Gasteiger charge is 2.52. The lowest BCUT2D eigenvalue weighted by Crippen LogP contribution is -2.43. The van der Waals surface area contributed by atoms with Crippen LogP contribution in [0.1, 0.15) is 46.5 Å². The van der Waals surface area contributed by atoms with Crippen LogP contribution in [0.2, 0.25) is 0 Å². The van der Waals surface area contributed by atoms with Gasteiger partial charge in [0.05, 0.1) is 5.92 Å². The van der Waals surface area contributed by atoms with Crippen LogP contribution in [0, 0.1) is 12.3 Å². The molecule has 0 bridgehead atoms. The number of rotatable bonds is 4. The minimum absolute atomic E-state index is 0.0173. The molecule has 0 saturated carbocycles. The molecule has 1 atom stereocenters. The fourth-order valence-corrected chi connectivity index (χ4v) is 5.18. The first-order valence-corrected chi connectivity index (χ1v) is 11.0. The summed E-state index contributed by atoms with van der Waals surface area (Å²) >= 11 is 0. The fourth-order valence-electron chi connectivity index (χ4n) is 5.18. The first kappa shape index (κ1) is 19.9. The number of benzene rings is 2. The smallest absolute Gasteiger partial charge is 0.253 e. The molecule has 6 nitrogen and oxygen atoms in total. The number of aromatic nitrogens is 2. The Hall–Kier alpha value is -2.99. The number of carbonyl (C=O) groups is 1. The van der Waals surface area contributed by atoms with Crippen LogP contribution in [-0.2, 0) is 6.54 Å². The zero-order valence-corrected chi connectivity index (χ0v) is 17.9. The second-order valence-corrected chi connectivity index (χ2v) is 8.89. The molecule has 5 rings (SSSR count). The topological polar surface area (TPSA) is 62.5 Å². The van der Waals surface area contributed by atoms with E-state index in [1.807, 2.05) is 42.2 Å². The molecular weight excluding hydrogens is 388 g/mol. The Labute approximate surface area is 182 Å². The van der Waals surface area contributed by atoms with E-state index >= 15 is 0 Å². The van der Waals surface area contributed by atoms with Gasteiger partial charge in [0.25, 0.3) is 5.91 Å². The van der Waals surface area contributed by atoms with Gasteiger partial charge in [-0.15, -0.1) is 10.2 Å². The zero-order chi connectivity index (χ0) is 21.3. The molecule has 2 saturated heterocycles. The Balaban J connectivity index is 1.36. The molecule has 1 aromatic heterocycles. The predicted octanol–water partition coefficient (Wildman–Crippen LogP) is 3.90. The van der Waals surface area contributed by atoms with Crippen molar-refractivity contribution in [1.82, 2.24) is 20.0 Å². The number of likely N-dealkylation sites (tertiary alicyclic amines) is 2. The molecule has 1 unspecified atom stereocenters. The minimum atomic E-state index is -0.0173. The van der Waals surface area contributed by atoms with Gasteiger partial charge in [-0.05, 0) is 43.6 Å². The lowest BCUT2D eigenvalue weighted by Gasteiger charge is -2.41. The summed E-state index contributed by atoms with van der Waals surface area (Å²) in [5.74, 6) is 1.43. The summed E-state index contributed by atoms with van der Waals surface area (Å²) in [6.07, 6.45) is 2.04. The average molecular weight is 417 g/mol. The van der Waals surface area contributed by atoms with Gasteiger partial charge in [-0.2, -0.15) is 0 Å². The third kappa shape index (κ3) is 4.00. The number of hydrogen-bond donors (Lipinski definition) is 0. The third-order valence-corrected chi connectivity index (χ3v) is 6.90. The van der Waals surface area contributed by atoms with Crippen molar-refractivity contribution >= 4 is 5.91 Å². The predicted molar refractivity (Wildman–Crippen MR) is 118 cm³/mol. The van der Waals surface area contributed by atoms with E-state index in [9.17, 15) is 4.79 Å². The maximum atomic E-state index is 13.2. The maximum Gasteiger partial charge on any atom is 0.253 e. The summed E-state index contributed by atoms with van der Waals surface area (Å²) in [6.45, 7) is 6.18. The molecule has 2 aromatic carbocycles. The Morgan fingerprint density at radius 1 is 1.03 bits per heavy atom. The summed E-state index contributed by atoms with van der Waals surface area (Å²) in [4.78, 5) is 17.7. The van der Waals surface area contributed by atoms with Gasteiger partial charge >= 0.3 is 0 Å². The van der Waals surface area contributed by atoms with Crippen LogP contribution in [0.25, 0.3) is 0 Å². The number of amides is 1. The molecule has 1 amide bonds. The number of carbonyl (C=O) groups excluding carboxylic acids is 1. The molecular formula is C25H28N4O2. The van der Waals surface area contributed by atoms with E-state index in [1.165, 1.54) is 5.56 Å². The quantitative estimate of drug-likeness (QED) is 0.646. The van der Waals surface area contributed by atoms with Gasteiger partial charge in [-0.1, -0.05) is 48.5 Å². The summed E-state index contributed by atoms with van der Waals surface area (Å²) in [7, 11) is 0. The summed E-state index contributed by atoms with van der Waals surface area (Å²) in [5, 5.41) is 8.44. The monoisotopic (exact) mass is 416 g/mol. The van der Waals surface area contributed by atoms with Crippen LogP contribution in [0.15, 0.2) is 65.1 Å². The molecule has 6 heteroatoms. The molecule has 160 valence electrons. The van der Waals surface area contributed by atoms with Crippen molar-refractivity contribution in [2.45, 2.75) is 32.2 Å². The van der Waals surface area contributed by atoms with Crippen molar-refractivity contribution in [3.63, 3.8) is 0 Å². The van der Waals surface area contributed by atoms with E-state index in [4.69, 9.17) is 4.42 Å². The molecule has 2 aliphatic heterocycles. The van der Waals surface area contributed by atoms with Crippen molar-refractivity contribution in [3.8, 4) is 0 Å². The second-order valence-electron chi connectivity index (χ2n) is 8.89. The van der Waals surface area contributed by atoms with Crippen molar-refractivity contribution < 1.29 is 9.21 Å². The number of piperidine rings is 1. The van der Waals surface area contributed by atoms with E-state index in [2.05, 4.69) is 45.4 Å². The van der Waals surface area contributed by atoms with E-state index in [0.29, 0.717) is 18.3 Å². The van der Waals surface area contributed by atoms with Gasteiger partial charge in [-0.3, -0.25) is 9.69 Å². The molecule has 0 N–H and O–H groups in total. The molecule has 1 spiro atoms. The Kier molecular flexibility index (Phi) is 5.32. The second kappa shape index (κ2) is 8.27. The van der Waals surface area contributed by atoms with Crippen LogP contribution >= 0.6 is 0 Å². The molecule has 2 aliphatic rings. The maximum absolute atomic E-state index is 13.2. The number of aryl methyl sites for hydroxylation is 1. The highest BCUT2D eigenvalue weighted by Crippen LogP contribution is 2.49. The van der Waals surface area contributed by atoms with Crippen LogP contribution in [-0.4, -0.2) is 52.1 Å². The largest absolute Gasteiger partial charge is 0.425 e. The highest BCUT2D eigenvalue weighted by atomic mass is 16.4. The van der Waals surface area contributed by atoms with Crippen LogP contribution in [0.3, 0.4) is 0 Å². The number of nitrogens with zero attached hydrogens (tertiary/aromatic N) is 4. The van der Waals surface area contributed by atoms with Crippen molar-refractivity contribution in [2.75, 3.05) is 26.2 Å². The van der Waals surface area contributed by atoms with Gasteiger partial charge in [0.15, 0.2) is 0 Å². The van der Waals surface area contributed by atoms with Crippen molar-refractivity contribution in [2.24, 2.45) is 5.41 Å².